The van der Waals surface area contributed by atoms with Crippen molar-refractivity contribution in [3.8, 4) is 12.3 Å². The molecule has 0 saturated heterocycles. The van der Waals surface area contributed by atoms with Crippen LogP contribution in [0.4, 0.5) is 0 Å². The summed E-state index contributed by atoms with van der Waals surface area (Å²) in [4.78, 5) is 5.39. The van der Waals surface area contributed by atoms with Gasteiger partial charge in [0.2, 0.25) is 10.0 Å². The van der Waals surface area contributed by atoms with E-state index in [0.717, 1.165) is 6.42 Å². The molecule has 2 atom stereocenters. The van der Waals surface area contributed by atoms with E-state index >= 15 is 0 Å². The molecule has 2 rings (SSSR count). The minimum atomic E-state index is -3.78. The van der Waals surface area contributed by atoms with Crippen molar-refractivity contribution in [3.05, 3.63) is 59.9 Å². The second-order valence-corrected chi connectivity index (χ2v) is 7.24. The summed E-state index contributed by atoms with van der Waals surface area (Å²) in [5.41, 5.74) is 4.22. The molecule has 0 amide bonds. The predicted molar refractivity (Wildman–Crippen MR) is 101 cm³/mol. The molecule has 1 aromatic carbocycles. The van der Waals surface area contributed by atoms with Crippen molar-refractivity contribution in [1.82, 2.24) is 5.48 Å². The molecular formula is C19H22N2O4S. The van der Waals surface area contributed by atoms with E-state index in [0.29, 0.717) is 16.9 Å². The lowest BCUT2D eigenvalue weighted by molar-refractivity contribution is 0.0870. The number of allylic oxidation sites excluding steroid dienone is 3. The zero-order valence-corrected chi connectivity index (χ0v) is 15.2. The molecule has 7 heteroatoms. The first-order chi connectivity index (χ1) is 12.4. The highest BCUT2D eigenvalue weighted by Crippen LogP contribution is 2.32. The Morgan fingerprint density at radius 1 is 1.38 bits per heavy atom. The van der Waals surface area contributed by atoms with Crippen LogP contribution >= 0.6 is 0 Å². The number of sulfonamides is 1. The molecule has 0 aromatic heterocycles. The number of terminal acetylenes is 1. The van der Waals surface area contributed by atoms with Gasteiger partial charge in [-0.05, 0) is 24.1 Å². The summed E-state index contributed by atoms with van der Waals surface area (Å²) in [6.45, 7) is 1.72. The summed E-state index contributed by atoms with van der Waals surface area (Å²) in [5.74, 6) is 2.72. The molecule has 1 aliphatic heterocycles. The minimum absolute atomic E-state index is 0.00826. The van der Waals surface area contributed by atoms with Crippen LogP contribution in [-0.2, 0) is 14.9 Å². The highest BCUT2D eigenvalue weighted by atomic mass is 32.2. The van der Waals surface area contributed by atoms with Gasteiger partial charge in [-0.1, -0.05) is 49.3 Å². The van der Waals surface area contributed by atoms with Crippen LogP contribution in [-0.4, -0.2) is 26.2 Å². The van der Waals surface area contributed by atoms with Crippen molar-refractivity contribution < 1.29 is 18.4 Å². The van der Waals surface area contributed by atoms with Gasteiger partial charge in [-0.3, -0.25) is 0 Å². The molecule has 4 N–H and O–H groups in total. The maximum absolute atomic E-state index is 11.4. The first-order valence-corrected chi connectivity index (χ1v) is 9.66. The number of primary sulfonamides is 1. The van der Waals surface area contributed by atoms with E-state index in [-0.39, 0.29) is 23.5 Å². The quantitative estimate of drug-likeness (QED) is 0.498. The highest BCUT2D eigenvalue weighted by Gasteiger charge is 2.32. The van der Waals surface area contributed by atoms with Crippen LogP contribution < -0.4 is 10.6 Å². The average molecular weight is 374 g/mol. The molecule has 26 heavy (non-hydrogen) atoms. The first kappa shape index (κ1) is 19.9. The molecule has 0 spiro atoms. The lowest BCUT2D eigenvalue weighted by atomic mass is 9.89. The van der Waals surface area contributed by atoms with Gasteiger partial charge in [0.05, 0.1) is 16.9 Å². The molecule has 0 radical (unpaired) electrons. The maximum atomic E-state index is 11.4. The number of aliphatic hydroxyl groups excluding tert-OH is 1. The summed E-state index contributed by atoms with van der Waals surface area (Å²) in [5, 5.41) is 14.7. The topological polar surface area (TPSA) is 102 Å². The third-order valence-electron chi connectivity index (χ3n) is 3.91. The zero-order valence-electron chi connectivity index (χ0n) is 14.4. The molecule has 1 aromatic rings. The van der Waals surface area contributed by atoms with Crippen molar-refractivity contribution in [2.24, 2.45) is 11.1 Å². The van der Waals surface area contributed by atoms with Gasteiger partial charge in [0, 0.05) is 5.57 Å². The fourth-order valence-electron chi connectivity index (χ4n) is 2.62. The molecule has 0 fully saturated rings. The first-order valence-electron chi connectivity index (χ1n) is 8.11. The number of hydrogen-bond acceptors (Lipinski definition) is 5. The molecule has 0 aliphatic carbocycles. The van der Waals surface area contributed by atoms with Gasteiger partial charge in [-0.2, -0.15) is 0 Å². The van der Waals surface area contributed by atoms with Crippen LogP contribution in [0.5, 0.6) is 0 Å². The van der Waals surface area contributed by atoms with Crippen LogP contribution in [0.25, 0.3) is 5.57 Å². The largest absolute Gasteiger partial charge is 0.410 e. The Labute approximate surface area is 154 Å². The van der Waals surface area contributed by atoms with Gasteiger partial charge in [-0.15, -0.1) is 11.9 Å². The molecule has 0 saturated carbocycles. The van der Waals surface area contributed by atoms with E-state index in [9.17, 15) is 13.5 Å². The van der Waals surface area contributed by atoms with Crippen molar-refractivity contribution in [2.45, 2.75) is 24.3 Å². The van der Waals surface area contributed by atoms with Crippen LogP contribution in [0, 0.1) is 18.3 Å². The second kappa shape index (κ2) is 8.83. The summed E-state index contributed by atoms with van der Waals surface area (Å²) in [6.07, 6.45) is 14.3. The molecule has 1 heterocycles. The van der Waals surface area contributed by atoms with Gasteiger partial charge >= 0.3 is 0 Å². The van der Waals surface area contributed by atoms with Crippen LogP contribution in [0.3, 0.4) is 0 Å². The second-order valence-electron chi connectivity index (χ2n) is 5.68. The fraction of sp³-hybridized carbons (Fsp3) is 0.263. The van der Waals surface area contributed by atoms with Gasteiger partial charge in [0.1, 0.15) is 6.61 Å². The maximum Gasteiger partial charge on any atom is 0.238 e. The Kier molecular flexibility index (Phi) is 6.77. The van der Waals surface area contributed by atoms with E-state index in [1.165, 1.54) is 12.1 Å². The smallest absolute Gasteiger partial charge is 0.238 e. The van der Waals surface area contributed by atoms with Gasteiger partial charge < -0.3 is 9.94 Å². The molecular weight excluding hydrogens is 352 g/mol. The number of benzene rings is 1. The summed E-state index contributed by atoms with van der Waals surface area (Å²) < 4.78 is 22.8. The zero-order chi connectivity index (χ0) is 19.2. The Bertz CT molecular complexity index is 862. The fourth-order valence-corrected chi connectivity index (χ4v) is 3.13. The lowest BCUT2D eigenvalue weighted by Crippen LogP contribution is -2.30. The van der Waals surface area contributed by atoms with E-state index < -0.39 is 10.0 Å². The molecule has 0 bridgehead atoms. The SMILES string of the molecule is C#CC(/C=C\C=C/CC)C1NOC(CO)=C1c1ccc(S(N)(=O)=O)cc1. The minimum Gasteiger partial charge on any atom is -0.410 e. The normalized spacial score (nSPS) is 19.1. The lowest BCUT2D eigenvalue weighted by Gasteiger charge is -2.17. The number of aliphatic hydroxyl groups is 1. The van der Waals surface area contributed by atoms with Crippen molar-refractivity contribution in [2.75, 3.05) is 6.61 Å². The van der Waals surface area contributed by atoms with Crippen LogP contribution in [0.2, 0.25) is 0 Å². The van der Waals surface area contributed by atoms with Gasteiger partial charge in [0.15, 0.2) is 5.76 Å². The average Bonchev–Trinajstić information content (AvgIpc) is 3.05. The summed E-state index contributed by atoms with van der Waals surface area (Å²) >= 11 is 0. The monoisotopic (exact) mass is 374 g/mol. The summed E-state index contributed by atoms with van der Waals surface area (Å²) in [7, 11) is -3.78. The molecule has 6 nitrogen and oxygen atoms in total. The Balaban J connectivity index is 2.37. The van der Waals surface area contributed by atoms with E-state index in [1.54, 1.807) is 12.1 Å². The Morgan fingerprint density at radius 2 is 2.08 bits per heavy atom. The van der Waals surface area contributed by atoms with E-state index in [2.05, 4.69) is 11.4 Å². The number of nitrogens with one attached hydrogen (secondary N) is 1. The number of nitrogens with two attached hydrogens (primary N) is 1. The number of rotatable bonds is 7. The number of hydroxylamine groups is 1. The standard InChI is InChI=1S/C19H22N2O4S/c1-3-5-6-7-8-14(4-2)19-18(17(13-22)25-21-19)15-9-11-16(12-10-15)26(20,23)24/h2,5-12,14,19,21-22H,3,13H2,1H3,(H2,20,23,24)/b6-5-,8-7-. The van der Waals surface area contributed by atoms with Gasteiger partial charge in [0.25, 0.3) is 0 Å². The molecule has 1 aliphatic rings. The van der Waals surface area contributed by atoms with E-state index in [4.69, 9.17) is 16.4 Å². The highest BCUT2D eigenvalue weighted by molar-refractivity contribution is 7.89. The Hall–Kier alpha value is -2.37. The van der Waals surface area contributed by atoms with Crippen molar-refractivity contribution >= 4 is 15.6 Å². The van der Waals surface area contributed by atoms with Crippen molar-refractivity contribution in [3.63, 3.8) is 0 Å². The summed E-state index contributed by atoms with van der Waals surface area (Å²) in [6, 6.07) is 5.67. The van der Waals surface area contributed by atoms with Crippen molar-refractivity contribution in [1.29, 1.82) is 0 Å². The third kappa shape index (κ3) is 4.62. The Morgan fingerprint density at radius 3 is 2.62 bits per heavy atom. The third-order valence-corrected chi connectivity index (χ3v) is 4.84. The predicted octanol–water partition coefficient (Wildman–Crippen LogP) is 1.71. The van der Waals surface area contributed by atoms with E-state index in [1.807, 2.05) is 31.2 Å². The van der Waals surface area contributed by atoms with Crippen LogP contribution in [0.15, 0.2) is 59.2 Å². The molecule has 2 unspecified atom stereocenters. The van der Waals surface area contributed by atoms with Gasteiger partial charge in [-0.25, -0.2) is 13.6 Å². The number of hydrogen-bond donors (Lipinski definition) is 3. The van der Waals surface area contributed by atoms with Crippen LogP contribution in [0.1, 0.15) is 18.9 Å². The molecule has 138 valence electrons.